The molecule has 1 heterocycles. The smallest absolute Gasteiger partial charge is 0.0940 e. The summed E-state index contributed by atoms with van der Waals surface area (Å²) >= 11 is 9.19. The van der Waals surface area contributed by atoms with Gasteiger partial charge in [0.2, 0.25) is 0 Å². The highest BCUT2D eigenvalue weighted by Crippen LogP contribution is 2.34. The molecule has 0 bridgehead atoms. The lowest BCUT2D eigenvalue weighted by atomic mass is 10.4. The maximum Gasteiger partial charge on any atom is 0.0940 e. The van der Waals surface area contributed by atoms with Gasteiger partial charge in [0.15, 0.2) is 0 Å². The van der Waals surface area contributed by atoms with Gasteiger partial charge in [-0.25, -0.2) is 0 Å². The maximum absolute atomic E-state index is 5.83. The van der Waals surface area contributed by atoms with Crippen molar-refractivity contribution in [1.29, 1.82) is 0 Å². The van der Waals surface area contributed by atoms with Gasteiger partial charge in [0, 0.05) is 4.90 Å². The Labute approximate surface area is 90.6 Å². The van der Waals surface area contributed by atoms with Crippen molar-refractivity contribution in [2.24, 2.45) is 0 Å². The highest BCUT2D eigenvalue weighted by Gasteiger charge is 1.99. The molecule has 13 heavy (non-hydrogen) atoms. The van der Waals surface area contributed by atoms with Crippen LogP contribution in [0.3, 0.4) is 0 Å². The molecule has 66 valence electrons. The number of hydrogen-bond donors (Lipinski definition) is 0. The molecule has 0 spiro atoms. The molecule has 0 amide bonds. The van der Waals surface area contributed by atoms with Crippen LogP contribution in [0.15, 0.2) is 51.6 Å². The molecule has 0 aliphatic rings. The van der Waals surface area contributed by atoms with Crippen LogP contribution in [0.25, 0.3) is 0 Å². The molecule has 1 aromatic heterocycles. The number of rotatable bonds is 2. The van der Waals surface area contributed by atoms with E-state index in [2.05, 4.69) is 12.1 Å². The van der Waals surface area contributed by atoms with E-state index in [1.165, 1.54) is 9.10 Å². The summed E-state index contributed by atoms with van der Waals surface area (Å²) in [5.41, 5.74) is 0. The monoisotopic (exact) mass is 226 g/mol. The summed E-state index contributed by atoms with van der Waals surface area (Å²) in [6, 6.07) is 14.3. The predicted molar refractivity (Wildman–Crippen MR) is 59.9 cm³/mol. The summed E-state index contributed by atoms with van der Waals surface area (Å²) in [5.74, 6) is 0. The van der Waals surface area contributed by atoms with Gasteiger partial charge < -0.3 is 0 Å². The van der Waals surface area contributed by atoms with Crippen molar-refractivity contribution in [1.82, 2.24) is 0 Å². The molecule has 0 unspecified atom stereocenters. The molecule has 0 N–H and O–H groups in total. The van der Waals surface area contributed by atoms with Gasteiger partial charge in [-0.05, 0) is 24.3 Å². The summed E-state index contributed by atoms with van der Waals surface area (Å²) in [4.78, 5) is 1.25. The van der Waals surface area contributed by atoms with Gasteiger partial charge in [-0.2, -0.15) is 0 Å². The van der Waals surface area contributed by atoms with Crippen molar-refractivity contribution >= 4 is 34.7 Å². The molecule has 2 aromatic rings. The molecule has 0 fully saturated rings. The number of benzene rings is 1. The van der Waals surface area contributed by atoms with E-state index in [1.54, 1.807) is 23.1 Å². The molecule has 0 atom stereocenters. The van der Waals surface area contributed by atoms with Gasteiger partial charge in [-0.1, -0.05) is 41.6 Å². The first-order valence-electron chi connectivity index (χ1n) is 3.83. The second-order valence-corrected chi connectivity index (χ2v) is 5.56. The highest BCUT2D eigenvalue weighted by atomic mass is 35.5. The zero-order valence-electron chi connectivity index (χ0n) is 6.74. The molecular weight excluding hydrogens is 220 g/mol. The summed E-state index contributed by atoms with van der Waals surface area (Å²) in [6.45, 7) is 0. The average molecular weight is 227 g/mol. The molecule has 1 aromatic carbocycles. The van der Waals surface area contributed by atoms with Gasteiger partial charge >= 0.3 is 0 Å². The van der Waals surface area contributed by atoms with Gasteiger partial charge in [-0.3, -0.25) is 0 Å². The first-order chi connectivity index (χ1) is 6.34. The summed E-state index contributed by atoms with van der Waals surface area (Å²) in [5, 5.41) is 0. The minimum Gasteiger partial charge on any atom is -0.117 e. The van der Waals surface area contributed by atoms with Crippen molar-refractivity contribution in [2.45, 2.75) is 9.10 Å². The number of halogens is 1. The molecule has 0 saturated heterocycles. The van der Waals surface area contributed by atoms with Gasteiger partial charge in [0.05, 0.1) is 8.55 Å². The Balaban J connectivity index is 2.15. The van der Waals surface area contributed by atoms with Crippen LogP contribution in [-0.2, 0) is 0 Å². The predicted octanol–water partition coefficient (Wildman–Crippen LogP) is 4.55. The Bertz CT molecular complexity index is 381. The number of hydrogen-bond acceptors (Lipinski definition) is 2. The van der Waals surface area contributed by atoms with E-state index in [4.69, 9.17) is 11.6 Å². The molecular formula is C10H7ClS2. The van der Waals surface area contributed by atoms with Gasteiger partial charge in [-0.15, -0.1) is 11.3 Å². The fourth-order valence-electron chi connectivity index (χ4n) is 0.957. The lowest BCUT2D eigenvalue weighted by Crippen LogP contribution is -1.65. The van der Waals surface area contributed by atoms with E-state index in [-0.39, 0.29) is 0 Å². The first kappa shape index (κ1) is 9.13. The summed E-state index contributed by atoms with van der Waals surface area (Å²) in [6.07, 6.45) is 0. The average Bonchev–Trinajstić information content (AvgIpc) is 2.53. The molecule has 0 aliphatic carbocycles. The largest absolute Gasteiger partial charge is 0.117 e. The zero-order chi connectivity index (χ0) is 9.10. The van der Waals surface area contributed by atoms with E-state index in [0.717, 1.165) is 4.34 Å². The zero-order valence-corrected chi connectivity index (χ0v) is 9.12. The third-order valence-electron chi connectivity index (χ3n) is 1.51. The SMILES string of the molecule is Clc1ccc(Sc2ccccc2)s1. The van der Waals surface area contributed by atoms with E-state index < -0.39 is 0 Å². The van der Waals surface area contributed by atoms with Crippen molar-refractivity contribution in [3.8, 4) is 0 Å². The van der Waals surface area contributed by atoms with Crippen molar-refractivity contribution in [2.75, 3.05) is 0 Å². The van der Waals surface area contributed by atoms with E-state index in [1.807, 2.05) is 30.3 Å². The number of thiophene rings is 1. The first-order valence-corrected chi connectivity index (χ1v) is 5.84. The fraction of sp³-hybridized carbons (Fsp3) is 0. The fourth-order valence-corrected chi connectivity index (χ4v) is 3.26. The Morgan fingerprint density at radius 2 is 1.77 bits per heavy atom. The molecule has 0 nitrogen and oxygen atoms in total. The van der Waals surface area contributed by atoms with Crippen LogP contribution in [0.5, 0.6) is 0 Å². The maximum atomic E-state index is 5.83. The Morgan fingerprint density at radius 1 is 1.00 bits per heavy atom. The van der Waals surface area contributed by atoms with Crippen LogP contribution in [0, 0.1) is 0 Å². The standard InChI is InChI=1S/C10H7ClS2/c11-9-6-7-10(13-9)12-8-4-2-1-3-5-8/h1-7H. The second-order valence-electron chi connectivity index (χ2n) is 2.47. The van der Waals surface area contributed by atoms with E-state index in [9.17, 15) is 0 Å². The topological polar surface area (TPSA) is 0 Å². The highest BCUT2D eigenvalue weighted by molar-refractivity contribution is 8.01. The quantitative estimate of drug-likeness (QED) is 0.724. The van der Waals surface area contributed by atoms with Crippen LogP contribution in [-0.4, -0.2) is 0 Å². The van der Waals surface area contributed by atoms with Crippen molar-refractivity contribution < 1.29 is 0 Å². The van der Waals surface area contributed by atoms with Crippen LogP contribution < -0.4 is 0 Å². The minimum atomic E-state index is 0.846. The van der Waals surface area contributed by atoms with Crippen molar-refractivity contribution in [3.05, 3.63) is 46.8 Å². The Kier molecular flexibility index (Phi) is 2.94. The molecule has 0 saturated carbocycles. The van der Waals surface area contributed by atoms with Crippen LogP contribution in [0.1, 0.15) is 0 Å². The van der Waals surface area contributed by atoms with E-state index in [0.29, 0.717) is 0 Å². The van der Waals surface area contributed by atoms with Gasteiger partial charge in [0.1, 0.15) is 0 Å². The third-order valence-corrected chi connectivity index (χ3v) is 3.88. The Morgan fingerprint density at radius 3 is 2.38 bits per heavy atom. The summed E-state index contributed by atoms with van der Waals surface area (Å²) in [7, 11) is 0. The van der Waals surface area contributed by atoms with Gasteiger partial charge in [0.25, 0.3) is 0 Å². The molecule has 2 rings (SSSR count). The minimum absolute atomic E-state index is 0.846. The van der Waals surface area contributed by atoms with Crippen LogP contribution in [0.4, 0.5) is 0 Å². The lowest BCUT2D eigenvalue weighted by molar-refractivity contribution is 1.46. The van der Waals surface area contributed by atoms with E-state index >= 15 is 0 Å². The third kappa shape index (κ3) is 2.50. The molecule has 3 heteroatoms. The lowest BCUT2D eigenvalue weighted by Gasteiger charge is -1.95. The normalized spacial score (nSPS) is 10.2. The van der Waals surface area contributed by atoms with Crippen molar-refractivity contribution in [3.63, 3.8) is 0 Å². The van der Waals surface area contributed by atoms with Crippen LogP contribution in [0.2, 0.25) is 4.34 Å². The Hall–Kier alpha value is -0.440. The molecule has 0 radical (unpaired) electrons. The summed E-state index contributed by atoms with van der Waals surface area (Å²) < 4.78 is 2.08. The molecule has 0 aliphatic heterocycles. The van der Waals surface area contributed by atoms with Crippen LogP contribution >= 0.6 is 34.7 Å². The second kappa shape index (κ2) is 4.18.